The van der Waals surface area contributed by atoms with Crippen LogP contribution in [-0.2, 0) is 19.0 Å². The molecule has 0 nitrogen and oxygen atoms in total. The molecule has 0 unspecified atom stereocenters. The molecule has 0 saturated carbocycles. The number of hydrogen-bond donors (Lipinski definition) is 0. The van der Waals surface area contributed by atoms with Crippen molar-refractivity contribution in [2.45, 2.75) is 19.0 Å². The molecule has 0 aromatic heterocycles. The minimum Gasteiger partial charge on any atom is -0.102 e. The third-order valence-corrected chi connectivity index (χ3v) is 6.89. The first-order valence-electron chi connectivity index (χ1n) is 8.74. The van der Waals surface area contributed by atoms with Crippen LogP contribution >= 0.6 is 7.92 Å². The highest BCUT2D eigenvalue weighted by atomic mass is 31.1. The highest BCUT2D eigenvalue weighted by Gasteiger charge is 2.10. The summed E-state index contributed by atoms with van der Waals surface area (Å²) in [5.41, 5.74) is 4.43. The summed E-state index contributed by atoms with van der Waals surface area (Å²) in [5, 5.41) is 0. The summed E-state index contributed by atoms with van der Waals surface area (Å²) >= 11 is 0. The summed E-state index contributed by atoms with van der Waals surface area (Å²) in [6, 6.07) is 32.8. The van der Waals surface area contributed by atoms with Gasteiger partial charge in [-0.2, -0.15) is 0 Å². The molecular formula is C23H25P. The van der Waals surface area contributed by atoms with E-state index in [1.54, 1.807) is 0 Å². The fourth-order valence-electron chi connectivity index (χ4n) is 2.98. The molecule has 0 heterocycles. The zero-order chi connectivity index (χ0) is 16.5. The Morgan fingerprint density at radius 2 is 0.833 bits per heavy atom. The first-order valence-corrected chi connectivity index (χ1v) is 10.6. The van der Waals surface area contributed by atoms with Crippen molar-refractivity contribution in [2.24, 2.45) is 0 Å². The molecule has 3 aromatic rings. The van der Waals surface area contributed by atoms with Crippen LogP contribution in [0.5, 0.6) is 0 Å². The van der Waals surface area contributed by atoms with Crippen molar-refractivity contribution in [1.29, 1.82) is 0 Å². The third kappa shape index (κ3) is 5.62. The highest BCUT2D eigenvalue weighted by Crippen LogP contribution is 2.40. The van der Waals surface area contributed by atoms with Crippen molar-refractivity contribution in [3.05, 3.63) is 108 Å². The van der Waals surface area contributed by atoms with E-state index < -0.39 is 0 Å². The van der Waals surface area contributed by atoms with E-state index in [1.165, 1.54) is 48.0 Å². The summed E-state index contributed by atoms with van der Waals surface area (Å²) in [7, 11) is 0.0157. The normalized spacial score (nSPS) is 10.9. The van der Waals surface area contributed by atoms with Crippen molar-refractivity contribution in [3.63, 3.8) is 0 Å². The molecule has 0 bridgehead atoms. The van der Waals surface area contributed by atoms with Crippen LogP contribution in [0, 0.1) is 0 Å². The van der Waals surface area contributed by atoms with E-state index in [1.807, 2.05) is 0 Å². The van der Waals surface area contributed by atoms with E-state index in [2.05, 4.69) is 91.0 Å². The molecule has 0 aliphatic carbocycles. The fraction of sp³-hybridized carbons (Fsp3) is 0.217. The quantitative estimate of drug-likeness (QED) is 0.434. The lowest BCUT2D eigenvalue weighted by Crippen LogP contribution is -2.00. The van der Waals surface area contributed by atoms with Crippen LogP contribution in [-0.4, -0.2) is 12.3 Å². The van der Waals surface area contributed by atoms with Crippen molar-refractivity contribution in [3.8, 4) is 0 Å². The van der Waals surface area contributed by atoms with E-state index in [0.717, 1.165) is 0 Å². The fourth-order valence-corrected chi connectivity index (χ4v) is 5.39. The van der Waals surface area contributed by atoms with E-state index in [-0.39, 0.29) is 7.92 Å². The predicted octanol–water partition coefficient (Wildman–Crippen LogP) is 6.15. The SMILES string of the molecule is c1ccc(CCP(CCc2ccccc2)Cc2ccccc2)cc1. The summed E-state index contributed by atoms with van der Waals surface area (Å²) in [6.45, 7) is 0. The second-order valence-electron chi connectivity index (χ2n) is 6.23. The van der Waals surface area contributed by atoms with Gasteiger partial charge in [0.15, 0.2) is 0 Å². The topological polar surface area (TPSA) is 0 Å². The van der Waals surface area contributed by atoms with Crippen LogP contribution in [0.2, 0.25) is 0 Å². The van der Waals surface area contributed by atoms with E-state index in [0.29, 0.717) is 0 Å². The summed E-state index contributed by atoms with van der Waals surface area (Å²) in [4.78, 5) is 0. The average molecular weight is 332 g/mol. The van der Waals surface area contributed by atoms with Gasteiger partial charge in [0.2, 0.25) is 0 Å². The molecule has 1 heteroatoms. The first-order chi connectivity index (χ1) is 11.9. The Labute approximate surface area is 147 Å². The van der Waals surface area contributed by atoms with Crippen LogP contribution in [0.4, 0.5) is 0 Å². The van der Waals surface area contributed by atoms with Gasteiger partial charge in [-0.15, -0.1) is 7.92 Å². The minimum atomic E-state index is 0.0157. The monoisotopic (exact) mass is 332 g/mol. The third-order valence-electron chi connectivity index (χ3n) is 4.37. The lowest BCUT2D eigenvalue weighted by atomic mass is 10.2. The Kier molecular flexibility index (Phi) is 6.63. The highest BCUT2D eigenvalue weighted by molar-refractivity contribution is 7.56. The van der Waals surface area contributed by atoms with Gasteiger partial charge in [0.25, 0.3) is 0 Å². The zero-order valence-corrected chi connectivity index (χ0v) is 15.0. The smallest absolute Gasteiger partial charge is 0.00729 e. The molecule has 0 N–H and O–H groups in total. The minimum absolute atomic E-state index is 0.0157. The number of benzene rings is 3. The molecular weight excluding hydrogens is 307 g/mol. The maximum Gasteiger partial charge on any atom is -0.00729 e. The predicted molar refractivity (Wildman–Crippen MR) is 107 cm³/mol. The lowest BCUT2D eigenvalue weighted by Gasteiger charge is -2.18. The van der Waals surface area contributed by atoms with Crippen molar-refractivity contribution in [2.75, 3.05) is 12.3 Å². The maximum absolute atomic E-state index is 2.28. The molecule has 0 saturated heterocycles. The molecule has 3 rings (SSSR count). The van der Waals surface area contributed by atoms with Gasteiger partial charge in [-0.1, -0.05) is 91.0 Å². The van der Waals surface area contributed by atoms with Crippen LogP contribution in [0.1, 0.15) is 16.7 Å². The molecule has 3 aromatic carbocycles. The van der Waals surface area contributed by atoms with Crippen LogP contribution in [0.3, 0.4) is 0 Å². The van der Waals surface area contributed by atoms with Gasteiger partial charge < -0.3 is 0 Å². The van der Waals surface area contributed by atoms with Crippen LogP contribution in [0.15, 0.2) is 91.0 Å². The molecule has 0 spiro atoms. The number of rotatable bonds is 8. The zero-order valence-electron chi connectivity index (χ0n) is 14.1. The lowest BCUT2D eigenvalue weighted by molar-refractivity contribution is 1.09. The van der Waals surface area contributed by atoms with Gasteiger partial charge in [0, 0.05) is 0 Å². The molecule has 0 atom stereocenters. The van der Waals surface area contributed by atoms with Gasteiger partial charge in [-0.25, -0.2) is 0 Å². The summed E-state index contributed by atoms with van der Waals surface area (Å²) in [6.07, 6.45) is 6.29. The Hall–Kier alpha value is -1.91. The van der Waals surface area contributed by atoms with Gasteiger partial charge in [0.05, 0.1) is 0 Å². The molecule has 0 amide bonds. The van der Waals surface area contributed by atoms with Crippen LogP contribution in [0.25, 0.3) is 0 Å². The molecule has 24 heavy (non-hydrogen) atoms. The number of aryl methyl sites for hydroxylation is 2. The van der Waals surface area contributed by atoms with Gasteiger partial charge in [0.1, 0.15) is 0 Å². The van der Waals surface area contributed by atoms with Gasteiger partial charge in [-0.05, 0) is 48.0 Å². The van der Waals surface area contributed by atoms with Crippen molar-refractivity contribution >= 4 is 7.92 Å². The standard InChI is InChI=1S/C23H25P/c1-4-10-21(11-5-1)16-18-24(20-23-14-8-3-9-15-23)19-17-22-12-6-2-7-13-22/h1-15H,16-20H2. The van der Waals surface area contributed by atoms with Crippen molar-refractivity contribution < 1.29 is 0 Å². The van der Waals surface area contributed by atoms with Gasteiger partial charge >= 0.3 is 0 Å². The van der Waals surface area contributed by atoms with Crippen LogP contribution < -0.4 is 0 Å². The second-order valence-corrected chi connectivity index (χ2v) is 8.79. The summed E-state index contributed by atoms with van der Waals surface area (Å²) < 4.78 is 0. The average Bonchev–Trinajstić information content (AvgIpc) is 2.66. The maximum atomic E-state index is 2.28. The Balaban J connectivity index is 1.61. The molecule has 0 aliphatic heterocycles. The van der Waals surface area contributed by atoms with E-state index >= 15 is 0 Å². The molecule has 122 valence electrons. The Bertz CT molecular complexity index is 648. The molecule has 0 radical (unpaired) electrons. The second kappa shape index (κ2) is 9.40. The molecule has 0 aliphatic rings. The van der Waals surface area contributed by atoms with E-state index in [9.17, 15) is 0 Å². The number of hydrogen-bond acceptors (Lipinski definition) is 0. The van der Waals surface area contributed by atoms with Gasteiger partial charge in [-0.3, -0.25) is 0 Å². The Morgan fingerprint density at radius 1 is 0.458 bits per heavy atom. The molecule has 0 fully saturated rings. The summed E-state index contributed by atoms with van der Waals surface area (Å²) in [5.74, 6) is 0. The largest absolute Gasteiger partial charge is 0.102 e. The Morgan fingerprint density at radius 3 is 1.25 bits per heavy atom. The van der Waals surface area contributed by atoms with Crippen molar-refractivity contribution in [1.82, 2.24) is 0 Å². The van der Waals surface area contributed by atoms with E-state index in [4.69, 9.17) is 0 Å². The first kappa shape index (κ1) is 16.9.